The van der Waals surface area contributed by atoms with Crippen LogP contribution in [0.1, 0.15) is 11.1 Å². The van der Waals surface area contributed by atoms with Crippen molar-refractivity contribution in [2.75, 3.05) is 0 Å². The lowest BCUT2D eigenvalue weighted by Gasteiger charge is -2.08. The van der Waals surface area contributed by atoms with Crippen molar-refractivity contribution in [2.24, 2.45) is 0 Å². The van der Waals surface area contributed by atoms with Crippen LogP contribution in [0, 0.1) is 18.3 Å². The molecular weight excluding hydrogens is 440 g/mol. The molecule has 0 aliphatic rings. The highest BCUT2D eigenvalue weighted by Crippen LogP contribution is 2.30. The molecule has 5 rings (SSSR count). The van der Waals surface area contributed by atoms with Crippen LogP contribution in [0.4, 0.5) is 0 Å². The molecule has 0 atom stereocenters. The van der Waals surface area contributed by atoms with Gasteiger partial charge in [-0.1, -0.05) is 0 Å². The lowest BCUT2D eigenvalue weighted by atomic mass is 10.2. The molecule has 0 fully saturated rings. The molecule has 4 heterocycles. The summed E-state index contributed by atoms with van der Waals surface area (Å²) in [5, 5.41) is 10.2. The minimum absolute atomic E-state index is 0.599. The summed E-state index contributed by atoms with van der Waals surface area (Å²) in [5.41, 5.74) is 6.32. The van der Waals surface area contributed by atoms with Crippen molar-refractivity contribution < 1.29 is 0 Å². The van der Waals surface area contributed by atoms with Gasteiger partial charge in [-0.05, 0) is 64.8 Å². The minimum Gasteiger partial charge on any atom is -0.305 e. The van der Waals surface area contributed by atoms with Crippen LogP contribution in [0.5, 0.6) is 0 Å². The van der Waals surface area contributed by atoms with Gasteiger partial charge in [-0.2, -0.15) is 5.26 Å². The van der Waals surface area contributed by atoms with E-state index in [-0.39, 0.29) is 0 Å². The number of aryl methyl sites for hydroxylation is 1. The fourth-order valence-corrected chi connectivity index (χ4v) is 4.05. The van der Waals surface area contributed by atoms with E-state index in [1.807, 2.05) is 52.0 Å². The first kappa shape index (κ1) is 18.3. The monoisotopic (exact) mass is 454 g/mol. The maximum atomic E-state index is 9.19. The summed E-state index contributed by atoms with van der Waals surface area (Å²) in [6.45, 7) is 2.07. The van der Waals surface area contributed by atoms with Crippen LogP contribution in [0.3, 0.4) is 0 Å². The number of nitrogens with zero attached hydrogens (tertiary/aromatic N) is 6. The average molecular weight is 455 g/mol. The summed E-state index contributed by atoms with van der Waals surface area (Å²) in [6, 6.07) is 13.7. The number of imidazole rings is 1. The molecule has 0 amide bonds. The second kappa shape index (κ2) is 7.25. The van der Waals surface area contributed by atoms with E-state index < -0.39 is 0 Å². The van der Waals surface area contributed by atoms with Crippen molar-refractivity contribution in [1.82, 2.24) is 24.1 Å². The van der Waals surface area contributed by atoms with Crippen molar-refractivity contribution in [2.45, 2.75) is 6.92 Å². The molecule has 6 nitrogen and oxygen atoms in total. The molecule has 0 N–H and O–H groups in total. The van der Waals surface area contributed by atoms with Gasteiger partial charge >= 0.3 is 0 Å². The van der Waals surface area contributed by atoms with Crippen molar-refractivity contribution >= 4 is 27.0 Å². The third kappa shape index (κ3) is 2.98. The number of benzene rings is 1. The highest BCUT2D eigenvalue weighted by atomic mass is 79.9. The molecule has 4 aromatic heterocycles. The lowest BCUT2D eigenvalue weighted by Crippen LogP contribution is -1.97. The predicted molar refractivity (Wildman–Crippen MR) is 119 cm³/mol. The molecule has 0 bridgehead atoms. The molecule has 0 spiro atoms. The number of hydrogen-bond acceptors (Lipinski definition) is 4. The summed E-state index contributed by atoms with van der Waals surface area (Å²) in [6.07, 6.45) is 11.2. The quantitative estimate of drug-likeness (QED) is 0.374. The zero-order valence-corrected chi connectivity index (χ0v) is 17.6. The SMILES string of the molecule is Cc1cn(-c2ccc(C#N)c(Br)c2)c2nccc(-n3cnc(-c4cccnc4)c3)c12. The topological polar surface area (TPSA) is 72.3 Å². The number of nitriles is 1. The van der Waals surface area contributed by atoms with Gasteiger partial charge < -0.3 is 9.13 Å². The second-order valence-electron chi connectivity index (χ2n) is 6.89. The number of aromatic nitrogens is 5. The Balaban J connectivity index is 1.65. The van der Waals surface area contributed by atoms with Crippen LogP contribution < -0.4 is 0 Å². The van der Waals surface area contributed by atoms with Gasteiger partial charge in [0.1, 0.15) is 11.7 Å². The Hall–Kier alpha value is -3.76. The Morgan fingerprint density at radius 1 is 1.07 bits per heavy atom. The summed E-state index contributed by atoms with van der Waals surface area (Å²) in [7, 11) is 0. The van der Waals surface area contributed by atoms with Crippen LogP contribution in [0.2, 0.25) is 0 Å². The molecule has 1 aromatic carbocycles. The van der Waals surface area contributed by atoms with Crippen LogP contribution >= 0.6 is 15.9 Å². The molecule has 0 saturated carbocycles. The maximum absolute atomic E-state index is 9.19. The Morgan fingerprint density at radius 2 is 1.97 bits per heavy atom. The van der Waals surface area contributed by atoms with Gasteiger partial charge in [-0.15, -0.1) is 0 Å². The summed E-state index contributed by atoms with van der Waals surface area (Å²) >= 11 is 3.48. The normalized spacial score (nSPS) is 11.0. The number of pyridine rings is 2. The molecular formula is C23H15BrN6. The van der Waals surface area contributed by atoms with E-state index in [2.05, 4.69) is 50.1 Å². The number of fused-ring (bicyclic) bond motifs is 1. The van der Waals surface area contributed by atoms with Crippen LogP contribution in [-0.2, 0) is 0 Å². The van der Waals surface area contributed by atoms with Gasteiger partial charge in [-0.3, -0.25) is 4.98 Å². The van der Waals surface area contributed by atoms with E-state index in [0.717, 1.165) is 43.7 Å². The van der Waals surface area contributed by atoms with Crippen LogP contribution in [0.25, 0.3) is 33.7 Å². The number of hydrogen-bond donors (Lipinski definition) is 0. The first-order chi connectivity index (χ1) is 14.7. The summed E-state index contributed by atoms with van der Waals surface area (Å²) in [4.78, 5) is 13.4. The molecule has 0 saturated heterocycles. The zero-order valence-electron chi connectivity index (χ0n) is 16.0. The van der Waals surface area contributed by atoms with E-state index in [9.17, 15) is 5.26 Å². The number of rotatable bonds is 3. The maximum Gasteiger partial charge on any atom is 0.146 e. The molecule has 5 aromatic rings. The zero-order chi connectivity index (χ0) is 20.7. The Kier molecular flexibility index (Phi) is 4.42. The Morgan fingerprint density at radius 3 is 2.73 bits per heavy atom. The van der Waals surface area contributed by atoms with Crippen molar-refractivity contribution in [3.63, 3.8) is 0 Å². The van der Waals surface area contributed by atoms with Gasteiger partial charge in [0.05, 0.1) is 23.3 Å². The second-order valence-corrected chi connectivity index (χ2v) is 7.75. The van der Waals surface area contributed by atoms with Crippen molar-refractivity contribution in [3.8, 4) is 28.7 Å². The molecule has 7 heteroatoms. The van der Waals surface area contributed by atoms with Gasteiger partial charge in [0.15, 0.2) is 0 Å². The van der Waals surface area contributed by atoms with Gasteiger partial charge in [0.25, 0.3) is 0 Å². The lowest BCUT2D eigenvalue weighted by molar-refractivity contribution is 1.05. The van der Waals surface area contributed by atoms with Gasteiger partial charge in [-0.25, -0.2) is 9.97 Å². The van der Waals surface area contributed by atoms with E-state index in [1.165, 1.54) is 0 Å². The first-order valence-corrected chi connectivity index (χ1v) is 10.1. The largest absolute Gasteiger partial charge is 0.305 e. The van der Waals surface area contributed by atoms with Crippen LogP contribution in [-0.4, -0.2) is 24.1 Å². The molecule has 0 aliphatic heterocycles. The summed E-state index contributed by atoms with van der Waals surface area (Å²) in [5.74, 6) is 0. The van der Waals surface area contributed by atoms with Gasteiger partial charge in [0, 0.05) is 52.1 Å². The standard InChI is InChI=1S/C23H15BrN6/c1-15-12-30(18-5-4-16(10-25)19(24)9-18)23-22(15)21(6-8-27-23)29-13-20(28-14-29)17-3-2-7-26-11-17/h2-9,11-14H,1H3. The first-order valence-electron chi connectivity index (χ1n) is 9.27. The Bertz CT molecular complexity index is 1430. The number of halogens is 1. The van der Waals surface area contributed by atoms with Gasteiger partial charge in [0.2, 0.25) is 0 Å². The fourth-order valence-electron chi connectivity index (χ4n) is 3.60. The Labute approximate surface area is 181 Å². The molecule has 144 valence electrons. The molecule has 0 aliphatic carbocycles. The predicted octanol–water partition coefficient (Wildman–Crippen LogP) is 5.22. The van der Waals surface area contributed by atoms with E-state index in [4.69, 9.17) is 0 Å². The molecule has 0 radical (unpaired) electrons. The fraction of sp³-hybridized carbons (Fsp3) is 0.0435. The van der Waals surface area contributed by atoms with Crippen LogP contribution in [0.15, 0.2) is 78.2 Å². The highest BCUT2D eigenvalue weighted by molar-refractivity contribution is 9.10. The third-order valence-corrected chi connectivity index (χ3v) is 5.68. The summed E-state index contributed by atoms with van der Waals surface area (Å²) < 4.78 is 4.81. The van der Waals surface area contributed by atoms with E-state index in [1.54, 1.807) is 24.7 Å². The molecule has 30 heavy (non-hydrogen) atoms. The minimum atomic E-state index is 0.599. The third-order valence-electron chi connectivity index (χ3n) is 5.02. The molecule has 0 unspecified atom stereocenters. The smallest absolute Gasteiger partial charge is 0.146 e. The van der Waals surface area contributed by atoms with E-state index in [0.29, 0.717) is 5.56 Å². The highest BCUT2D eigenvalue weighted by Gasteiger charge is 2.15. The van der Waals surface area contributed by atoms with Crippen molar-refractivity contribution in [1.29, 1.82) is 5.26 Å². The van der Waals surface area contributed by atoms with Crippen molar-refractivity contribution in [3.05, 3.63) is 89.3 Å². The van der Waals surface area contributed by atoms with E-state index >= 15 is 0 Å². The average Bonchev–Trinajstić information content (AvgIpc) is 3.40.